The van der Waals surface area contributed by atoms with Gasteiger partial charge in [-0.05, 0) is 48.7 Å². The van der Waals surface area contributed by atoms with Crippen LogP contribution in [0.2, 0.25) is 0 Å². The maximum atomic E-state index is 12.1. The van der Waals surface area contributed by atoms with E-state index in [0.29, 0.717) is 12.8 Å². The van der Waals surface area contributed by atoms with Crippen molar-refractivity contribution in [1.82, 2.24) is 5.32 Å². The molecule has 1 N–H and O–H groups in total. The fraction of sp³-hybridized carbons (Fsp3) is 0.278. The van der Waals surface area contributed by atoms with Gasteiger partial charge in [-0.15, -0.1) is 0 Å². The van der Waals surface area contributed by atoms with Gasteiger partial charge in [0.1, 0.15) is 0 Å². The van der Waals surface area contributed by atoms with Crippen molar-refractivity contribution >= 4 is 31.7 Å². The van der Waals surface area contributed by atoms with Gasteiger partial charge in [0.05, 0.1) is 10.9 Å². The number of amides is 1. The molecule has 0 aliphatic heterocycles. The first-order chi connectivity index (χ1) is 11.3. The smallest absolute Gasteiger partial charge is 0.220 e. The van der Waals surface area contributed by atoms with E-state index in [4.69, 9.17) is 0 Å². The minimum absolute atomic E-state index is 0.0327. The fourth-order valence-corrected chi connectivity index (χ4v) is 3.43. The van der Waals surface area contributed by atoms with Crippen molar-refractivity contribution in [3.05, 3.63) is 64.1 Å². The first-order valence-corrected chi connectivity index (χ1v) is 10.3. The molecule has 0 spiro atoms. The Bertz CT molecular complexity index is 816. The molecule has 0 heterocycles. The lowest BCUT2D eigenvalue weighted by atomic mass is 10.1. The molecular formula is C18H20BrNO3S. The van der Waals surface area contributed by atoms with Crippen LogP contribution in [-0.4, -0.2) is 20.6 Å². The summed E-state index contributed by atoms with van der Waals surface area (Å²) in [5, 5.41) is 2.94. The zero-order chi connectivity index (χ0) is 17.7. The minimum atomic E-state index is -3.20. The number of sulfone groups is 1. The number of carbonyl (C=O) groups is 1. The summed E-state index contributed by atoms with van der Waals surface area (Å²) in [5.41, 5.74) is 1.97. The summed E-state index contributed by atoms with van der Waals surface area (Å²) in [5.74, 6) is -0.0327. The van der Waals surface area contributed by atoms with E-state index in [1.807, 2.05) is 31.2 Å². The topological polar surface area (TPSA) is 63.2 Å². The third-order valence-electron chi connectivity index (χ3n) is 3.72. The number of hydrogen-bond acceptors (Lipinski definition) is 3. The normalized spacial score (nSPS) is 12.6. The van der Waals surface area contributed by atoms with Crippen molar-refractivity contribution in [2.24, 2.45) is 0 Å². The van der Waals surface area contributed by atoms with Gasteiger partial charge >= 0.3 is 0 Å². The van der Waals surface area contributed by atoms with Crippen molar-refractivity contribution < 1.29 is 13.2 Å². The fourth-order valence-electron chi connectivity index (χ4n) is 2.35. The molecule has 0 saturated carbocycles. The first-order valence-electron chi connectivity index (χ1n) is 7.59. The summed E-state index contributed by atoms with van der Waals surface area (Å²) in [6, 6.07) is 14.3. The van der Waals surface area contributed by atoms with Crippen molar-refractivity contribution in [1.29, 1.82) is 0 Å². The molecule has 0 saturated heterocycles. The van der Waals surface area contributed by atoms with Crippen LogP contribution in [0, 0.1) is 0 Å². The number of carbonyl (C=O) groups excluding carboxylic acids is 1. The number of rotatable bonds is 6. The van der Waals surface area contributed by atoms with Crippen LogP contribution in [-0.2, 0) is 21.1 Å². The van der Waals surface area contributed by atoms with Crippen LogP contribution in [0.5, 0.6) is 0 Å². The second-order valence-corrected chi connectivity index (χ2v) is 8.69. The molecule has 0 radical (unpaired) electrons. The molecule has 0 fully saturated rings. The molecule has 0 aliphatic rings. The highest BCUT2D eigenvalue weighted by Crippen LogP contribution is 2.17. The Hall–Kier alpha value is -1.66. The summed E-state index contributed by atoms with van der Waals surface area (Å²) in [4.78, 5) is 12.4. The highest BCUT2D eigenvalue weighted by atomic mass is 79.9. The van der Waals surface area contributed by atoms with E-state index in [2.05, 4.69) is 21.2 Å². The van der Waals surface area contributed by atoms with Crippen molar-refractivity contribution in [2.75, 3.05) is 6.26 Å². The van der Waals surface area contributed by atoms with Gasteiger partial charge in [-0.1, -0.05) is 40.2 Å². The quantitative estimate of drug-likeness (QED) is 0.791. The minimum Gasteiger partial charge on any atom is -0.350 e. The Morgan fingerprint density at radius 3 is 2.42 bits per heavy atom. The van der Waals surface area contributed by atoms with Gasteiger partial charge in [-0.25, -0.2) is 8.42 Å². The number of benzene rings is 2. The molecule has 6 heteroatoms. The molecule has 24 heavy (non-hydrogen) atoms. The van der Waals surface area contributed by atoms with Crippen LogP contribution < -0.4 is 5.32 Å². The molecule has 0 bridgehead atoms. The van der Waals surface area contributed by atoms with Gasteiger partial charge in [0.2, 0.25) is 5.91 Å². The lowest BCUT2D eigenvalue weighted by molar-refractivity contribution is -0.121. The van der Waals surface area contributed by atoms with Crippen LogP contribution >= 0.6 is 15.9 Å². The Kier molecular flexibility index (Phi) is 6.18. The number of aryl methyl sites for hydroxylation is 1. The summed E-state index contributed by atoms with van der Waals surface area (Å²) in [6.45, 7) is 1.88. The summed E-state index contributed by atoms with van der Waals surface area (Å²) < 4.78 is 23.9. The van der Waals surface area contributed by atoms with Crippen LogP contribution in [0.25, 0.3) is 0 Å². The third-order valence-corrected chi connectivity index (χ3v) is 5.34. The molecule has 2 aromatic carbocycles. The zero-order valence-electron chi connectivity index (χ0n) is 13.6. The van der Waals surface area contributed by atoms with Gasteiger partial charge < -0.3 is 5.32 Å². The van der Waals surface area contributed by atoms with Crippen LogP contribution in [0.1, 0.15) is 30.5 Å². The Morgan fingerprint density at radius 1 is 1.17 bits per heavy atom. The molecule has 2 aromatic rings. The molecule has 0 aliphatic carbocycles. The second kappa shape index (κ2) is 7.94. The largest absolute Gasteiger partial charge is 0.350 e. The van der Waals surface area contributed by atoms with E-state index in [1.54, 1.807) is 24.3 Å². The van der Waals surface area contributed by atoms with Crippen LogP contribution in [0.15, 0.2) is 57.9 Å². The monoisotopic (exact) mass is 409 g/mol. The van der Waals surface area contributed by atoms with Crippen LogP contribution in [0.4, 0.5) is 0 Å². The third kappa shape index (κ3) is 5.46. The van der Waals surface area contributed by atoms with Gasteiger partial charge in [0, 0.05) is 17.1 Å². The average Bonchev–Trinajstić information content (AvgIpc) is 2.52. The first kappa shape index (κ1) is 18.7. The van der Waals surface area contributed by atoms with E-state index in [1.165, 1.54) is 6.26 Å². The van der Waals surface area contributed by atoms with E-state index >= 15 is 0 Å². The lowest BCUT2D eigenvalue weighted by Gasteiger charge is -2.15. The van der Waals surface area contributed by atoms with Crippen molar-refractivity contribution in [3.8, 4) is 0 Å². The lowest BCUT2D eigenvalue weighted by Crippen LogP contribution is -2.26. The maximum Gasteiger partial charge on any atom is 0.220 e. The van der Waals surface area contributed by atoms with E-state index < -0.39 is 9.84 Å². The second-order valence-electron chi connectivity index (χ2n) is 5.76. The molecule has 2 rings (SSSR count). The van der Waals surface area contributed by atoms with Crippen LogP contribution in [0.3, 0.4) is 0 Å². The van der Waals surface area contributed by atoms with E-state index in [9.17, 15) is 13.2 Å². The molecule has 0 unspecified atom stereocenters. The van der Waals surface area contributed by atoms with Gasteiger partial charge in [0.25, 0.3) is 0 Å². The molecule has 1 atom stereocenters. The van der Waals surface area contributed by atoms with E-state index in [0.717, 1.165) is 15.6 Å². The predicted molar refractivity (Wildman–Crippen MR) is 98.6 cm³/mol. The highest BCUT2D eigenvalue weighted by Gasteiger charge is 2.12. The summed E-state index contributed by atoms with van der Waals surface area (Å²) in [6.07, 6.45) is 2.25. The number of hydrogen-bond donors (Lipinski definition) is 1. The molecule has 0 aromatic heterocycles. The van der Waals surface area contributed by atoms with Crippen molar-refractivity contribution in [3.63, 3.8) is 0 Å². The van der Waals surface area contributed by atoms with Crippen molar-refractivity contribution in [2.45, 2.75) is 30.7 Å². The Morgan fingerprint density at radius 2 is 1.83 bits per heavy atom. The predicted octanol–water partition coefficient (Wildman–Crippen LogP) is 3.66. The highest BCUT2D eigenvalue weighted by molar-refractivity contribution is 9.10. The molecular weight excluding hydrogens is 390 g/mol. The molecule has 4 nitrogen and oxygen atoms in total. The maximum absolute atomic E-state index is 12.1. The van der Waals surface area contributed by atoms with Gasteiger partial charge in [-0.2, -0.15) is 0 Å². The van der Waals surface area contributed by atoms with Gasteiger partial charge in [0.15, 0.2) is 9.84 Å². The summed E-state index contributed by atoms with van der Waals surface area (Å²) >= 11 is 3.42. The number of nitrogens with one attached hydrogen (secondary N) is 1. The number of halogens is 1. The van der Waals surface area contributed by atoms with Gasteiger partial charge in [-0.3, -0.25) is 4.79 Å². The molecule has 1 amide bonds. The Labute approximate surface area is 151 Å². The van der Waals surface area contributed by atoms with E-state index in [-0.39, 0.29) is 16.8 Å². The molecule has 128 valence electrons. The summed E-state index contributed by atoms with van der Waals surface area (Å²) in [7, 11) is -3.20. The Balaban J connectivity index is 1.91. The standard InChI is InChI=1S/C18H20BrNO3S/c1-13(15-7-9-17(10-8-15)24(2,22)23)20-18(21)11-6-14-4-3-5-16(19)12-14/h3-5,7-10,12-13H,6,11H2,1-2H3,(H,20,21)/t13-/m0/s1. The zero-order valence-corrected chi connectivity index (χ0v) is 16.0. The SMILES string of the molecule is C[C@H](NC(=O)CCc1cccc(Br)c1)c1ccc(S(C)(=O)=O)cc1. The average molecular weight is 410 g/mol.